The average Bonchev–Trinajstić information content (AvgIpc) is 2.32. The maximum atomic E-state index is 5.87. The van der Waals surface area contributed by atoms with Crippen LogP contribution >= 0.6 is 23.2 Å². The van der Waals surface area contributed by atoms with Gasteiger partial charge in [0.25, 0.3) is 0 Å². The molecule has 0 atom stereocenters. The molecule has 1 aromatic rings. The highest BCUT2D eigenvalue weighted by molar-refractivity contribution is 6.30. The first-order valence-corrected chi connectivity index (χ1v) is 6.44. The normalized spacial score (nSPS) is 17.2. The van der Waals surface area contributed by atoms with Gasteiger partial charge in [0.1, 0.15) is 0 Å². The number of alkyl halides is 1. The number of hydrogen-bond donors (Lipinski definition) is 0. The minimum Gasteiger partial charge on any atom is -0.298 e. The van der Waals surface area contributed by atoms with Gasteiger partial charge in [0.05, 0.1) is 0 Å². The van der Waals surface area contributed by atoms with E-state index in [1.807, 2.05) is 12.1 Å². The zero-order chi connectivity index (χ0) is 11.4. The van der Waals surface area contributed by atoms with E-state index in [9.17, 15) is 0 Å². The number of rotatable bonds is 3. The second-order valence-corrected chi connectivity index (χ2v) is 4.79. The van der Waals surface area contributed by atoms with Crippen LogP contribution in [0.2, 0.25) is 5.02 Å². The standard InChI is InChI=1S/C13H15Cl2N/c14-7-10-16-8-5-12(6-9-16)11-1-3-13(15)4-2-11/h1-5H,6-10H2. The van der Waals surface area contributed by atoms with Crippen molar-refractivity contribution in [2.45, 2.75) is 6.42 Å². The second-order valence-electron chi connectivity index (χ2n) is 3.98. The van der Waals surface area contributed by atoms with Crippen molar-refractivity contribution in [1.29, 1.82) is 0 Å². The van der Waals surface area contributed by atoms with Crippen molar-refractivity contribution in [3.8, 4) is 0 Å². The Balaban J connectivity index is 2.04. The summed E-state index contributed by atoms with van der Waals surface area (Å²) in [6, 6.07) is 8.07. The molecule has 86 valence electrons. The molecule has 1 aromatic carbocycles. The summed E-state index contributed by atoms with van der Waals surface area (Å²) in [5.74, 6) is 0.712. The number of halogens is 2. The molecule has 0 spiro atoms. The molecule has 16 heavy (non-hydrogen) atoms. The Morgan fingerprint density at radius 3 is 2.50 bits per heavy atom. The van der Waals surface area contributed by atoms with E-state index in [1.165, 1.54) is 11.1 Å². The van der Waals surface area contributed by atoms with E-state index in [-0.39, 0.29) is 0 Å². The molecule has 0 unspecified atom stereocenters. The highest BCUT2D eigenvalue weighted by Gasteiger charge is 2.11. The fourth-order valence-corrected chi connectivity index (χ4v) is 2.33. The van der Waals surface area contributed by atoms with Gasteiger partial charge in [0.2, 0.25) is 0 Å². The van der Waals surface area contributed by atoms with Crippen LogP contribution in [0.1, 0.15) is 12.0 Å². The molecule has 0 fully saturated rings. The van der Waals surface area contributed by atoms with Gasteiger partial charge in [-0.2, -0.15) is 0 Å². The maximum absolute atomic E-state index is 5.87. The van der Waals surface area contributed by atoms with Gasteiger partial charge in [0, 0.05) is 30.5 Å². The fourth-order valence-electron chi connectivity index (χ4n) is 1.96. The highest BCUT2D eigenvalue weighted by atomic mass is 35.5. The van der Waals surface area contributed by atoms with E-state index in [2.05, 4.69) is 23.1 Å². The summed E-state index contributed by atoms with van der Waals surface area (Å²) in [7, 11) is 0. The molecule has 3 heteroatoms. The molecule has 0 N–H and O–H groups in total. The minimum absolute atomic E-state index is 0.712. The molecule has 0 aromatic heterocycles. The molecule has 2 rings (SSSR count). The quantitative estimate of drug-likeness (QED) is 0.746. The SMILES string of the molecule is ClCCN1CC=C(c2ccc(Cl)cc2)CC1. The topological polar surface area (TPSA) is 3.24 Å². The lowest BCUT2D eigenvalue weighted by Gasteiger charge is -2.25. The van der Waals surface area contributed by atoms with E-state index < -0.39 is 0 Å². The van der Waals surface area contributed by atoms with Crippen molar-refractivity contribution in [2.24, 2.45) is 0 Å². The van der Waals surface area contributed by atoms with Gasteiger partial charge in [-0.25, -0.2) is 0 Å². The summed E-state index contributed by atoms with van der Waals surface area (Å²) >= 11 is 11.6. The molecule has 0 radical (unpaired) electrons. The summed E-state index contributed by atoms with van der Waals surface area (Å²) in [5, 5.41) is 0.795. The van der Waals surface area contributed by atoms with Crippen LogP contribution in [0, 0.1) is 0 Å². The van der Waals surface area contributed by atoms with Crippen molar-refractivity contribution in [2.75, 3.05) is 25.5 Å². The van der Waals surface area contributed by atoms with E-state index >= 15 is 0 Å². The summed E-state index contributed by atoms with van der Waals surface area (Å²) in [6.07, 6.45) is 3.39. The Morgan fingerprint density at radius 2 is 1.94 bits per heavy atom. The van der Waals surface area contributed by atoms with E-state index in [1.54, 1.807) is 0 Å². The van der Waals surface area contributed by atoms with Crippen LogP contribution in [0.3, 0.4) is 0 Å². The van der Waals surface area contributed by atoms with Gasteiger partial charge >= 0.3 is 0 Å². The first kappa shape index (κ1) is 12.0. The molecule has 0 bridgehead atoms. The lowest BCUT2D eigenvalue weighted by atomic mass is 10.00. The van der Waals surface area contributed by atoms with Crippen LogP contribution in [-0.2, 0) is 0 Å². The lowest BCUT2D eigenvalue weighted by Crippen LogP contribution is -2.30. The van der Waals surface area contributed by atoms with Crippen LogP contribution in [0.15, 0.2) is 30.3 Å². The Kier molecular flexibility index (Phi) is 4.28. The third-order valence-electron chi connectivity index (χ3n) is 2.91. The molecule has 1 nitrogen and oxygen atoms in total. The molecule has 0 aliphatic carbocycles. The summed E-state index contributed by atoms with van der Waals surface area (Å²) in [6.45, 7) is 3.08. The van der Waals surface area contributed by atoms with Gasteiger partial charge in [-0.1, -0.05) is 29.8 Å². The zero-order valence-electron chi connectivity index (χ0n) is 9.13. The molecule has 1 heterocycles. The van der Waals surface area contributed by atoms with Gasteiger partial charge in [0.15, 0.2) is 0 Å². The third kappa shape index (κ3) is 3.00. The number of nitrogens with zero attached hydrogens (tertiary/aromatic N) is 1. The Bertz CT molecular complexity index is 370. The molecular formula is C13H15Cl2N. The van der Waals surface area contributed by atoms with Gasteiger partial charge < -0.3 is 0 Å². The van der Waals surface area contributed by atoms with Gasteiger partial charge in [-0.05, 0) is 29.7 Å². The predicted octanol–water partition coefficient (Wildman–Crippen LogP) is 3.67. The lowest BCUT2D eigenvalue weighted by molar-refractivity contribution is 0.320. The second kappa shape index (κ2) is 5.72. The van der Waals surface area contributed by atoms with E-state index in [4.69, 9.17) is 23.2 Å². The van der Waals surface area contributed by atoms with Crippen LogP contribution in [0.5, 0.6) is 0 Å². The predicted molar refractivity (Wildman–Crippen MR) is 71.2 cm³/mol. The third-order valence-corrected chi connectivity index (χ3v) is 3.33. The Morgan fingerprint density at radius 1 is 1.19 bits per heavy atom. The molecule has 1 aliphatic rings. The molecule has 1 aliphatic heterocycles. The number of hydrogen-bond acceptors (Lipinski definition) is 1. The van der Waals surface area contributed by atoms with Crippen molar-refractivity contribution in [3.05, 3.63) is 40.9 Å². The zero-order valence-corrected chi connectivity index (χ0v) is 10.6. The fraction of sp³-hybridized carbons (Fsp3) is 0.385. The molecule has 0 amide bonds. The van der Waals surface area contributed by atoms with Crippen LogP contribution in [0.4, 0.5) is 0 Å². The molecule has 0 saturated carbocycles. The first-order valence-electron chi connectivity index (χ1n) is 5.53. The van der Waals surface area contributed by atoms with Crippen molar-refractivity contribution >= 4 is 28.8 Å². The molecular weight excluding hydrogens is 241 g/mol. The van der Waals surface area contributed by atoms with Gasteiger partial charge in [-0.3, -0.25) is 4.90 Å². The van der Waals surface area contributed by atoms with Crippen LogP contribution in [0.25, 0.3) is 5.57 Å². The first-order chi connectivity index (χ1) is 7.79. The smallest absolute Gasteiger partial charge is 0.0406 e. The monoisotopic (exact) mass is 255 g/mol. The van der Waals surface area contributed by atoms with Crippen molar-refractivity contribution < 1.29 is 0 Å². The number of benzene rings is 1. The van der Waals surface area contributed by atoms with Gasteiger partial charge in [-0.15, -0.1) is 11.6 Å². The average molecular weight is 256 g/mol. The van der Waals surface area contributed by atoms with E-state index in [0.717, 1.165) is 31.1 Å². The molecule has 0 saturated heterocycles. The highest BCUT2D eigenvalue weighted by Crippen LogP contribution is 2.23. The minimum atomic E-state index is 0.712. The van der Waals surface area contributed by atoms with Crippen molar-refractivity contribution in [3.63, 3.8) is 0 Å². The van der Waals surface area contributed by atoms with E-state index in [0.29, 0.717) is 5.88 Å². The summed E-state index contributed by atoms with van der Waals surface area (Å²) < 4.78 is 0. The summed E-state index contributed by atoms with van der Waals surface area (Å²) in [4.78, 5) is 2.37. The van der Waals surface area contributed by atoms with Crippen LogP contribution < -0.4 is 0 Å². The largest absolute Gasteiger partial charge is 0.298 e. The summed E-state index contributed by atoms with van der Waals surface area (Å²) in [5.41, 5.74) is 2.71. The maximum Gasteiger partial charge on any atom is 0.0406 e. The Hall–Kier alpha value is -0.500. The Labute approximate surface area is 107 Å². The van der Waals surface area contributed by atoms with Crippen molar-refractivity contribution in [1.82, 2.24) is 4.90 Å². The van der Waals surface area contributed by atoms with Crippen LogP contribution in [-0.4, -0.2) is 30.4 Å².